The van der Waals surface area contributed by atoms with Crippen LogP contribution in [0.2, 0.25) is 0 Å². The molecule has 0 heterocycles. The summed E-state index contributed by atoms with van der Waals surface area (Å²) in [5, 5.41) is 3.42. The third-order valence-electron chi connectivity index (χ3n) is 2.11. The van der Waals surface area contributed by atoms with E-state index in [1.54, 1.807) is 7.11 Å². The largest absolute Gasteiger partial charge is 0.382 e. The molecule has 86 valence electrons. The van der Waals surface area contributed by atoms with Crippen molar-refractivity contribution in [2.75, 3.05) is 26.9 Å². The van der Waals surface area contributed by atoms with Crippen molar-refractivity contribution in [1.82, 2.24) is 5.32 Å². The Morgan fingerprint density at radius 2 is 1.93 bits per heavy atom. The lowest BCUT2D eigenvalue weighted by Gasteiger charge is -2.20. The summed E-state index contributed by atoms with van der Waals surface area (Å²) in [7, 11) is 1.70. The predicted octanol–water partition coefficient (Wildman–Crippen LogP) is 1.82. The SMILES string of the molecule is CCCC(COC(C)COC)NCC. The Hall–Kier alpha value is -0.120. The third kappa shape index (κ3) is 7.30. The van der Waals surface area contributed by atoms with Gasteiger partial charge in [0.15, 0.2) is 0 Å². The minimum atomic E-state index is 0.193. The number of likely N-dealkylation sites (N-methyl/N-ethyl adjacent to an activating group) is 1. The molecule has 0 aromatic heterocycles. The van der Waals surface area contributed by atoms with Gasteiger partial charge in [-0.3, -0.25) is 0 Å². The molecule has 2 unspecified atom stereocenters. The fourth-order valence-corrected chi connectivity index (χ4v) is 1.44. The quantitative estimate of drug-likeness (QED) is 0.620. The maximum atomic E-state index is 5.66. The van der Waals surface area contributed by atoms with Gasteiger partial charge in [-0.25, -0.2) is 0 Å². The summed E-state index contributed by atoms with van der Waals surface area (Å²) in [6, 6.07) is 0.490. The van der Waals surface area contributed by atoms with Crippen LogP contribution in [-0.2, 0) is 9.47 Å². The molecule has 0 fully saturated rings. The molecule has 0 saturated heterocycles. The molecule has 0 saturated carbocycles. The molecule has 0 aromatic rings. The Morgan fingerprint density at radius 1 is 1.21 bits per heavy atom. The summed E-state index contributed by atoms with van der Waals surface area (Å²) in [4.78, 5) is 0. The van der Waals surface area contributed by atoms with Crippen LogP contribution in [0.5, 0.6) is 0 Å². The highest BCUT2D eigenvalue weighted by molar-refractivity contribution is 4.65. The highest BCUT2D eigenvalue weighted by Crippen LogP contribution is 2.00. The maximum absolute atomic E-state index is 5.66. The fraction of sp³-hybridized carbons (Fsp3) is 1.00. The van der Waals surface area contributed by atoms with Crippen molar-refractivity contribution in [3.8, 4) is 0 Å². The Kier molecular flexibility index (Phi) is 9.35. The van der Waals surface area contributed by atoms with Crippen molar-refractivity contribution >= 4 is 0 Å². The molecule has 0 aromatic carbocycles. The maximum Gasteiger partial charge on any atom is 0.0781 e. The molecular formula is C11H25NO2. The third-order valence-corrected chi connectivity index (χ3v) is 2.11. The fourth-order valence-electron chi connectivity index (χ4n) is 1.44. The van der Waals surface area contributed by atoms with Crippen LogP contribution < -0.4 is 5.32 Å². The normalized spacial score (nSPS) is 15.4. The number of hydrogen-bond acceptors (Lipinski definition) is 3. The number of hydrogen-bond donors (Lipinski definition) is 1. The van der Waals surface area contributed by atoms with E-state index in [9.17, 15) is 0 Å². The lowest BCUT2D eigenvalue weighted by molar-refractivity contribution is -0.000997. The van der Waals surface area contributed by atoms with Gasteiger partial charge in [-0.2, -0.15) is 0 Å². The lowest BCUT2D eigenvalue weighted by atomic mass is 10.2. The first-order valence-electron chi connectivity index (χ1n) is 5.58. The first-order valence-corrected chi connectivity index (χ1v) is 5.58. The summed E-state index contributed by atoms with van der Waals surface area (Å²) in [6.45, 7) is 8.83. The minimum absolute atomic E-state index is 0.193. The molecule has 0 aliphatic rings. The topological polar surface area (TPSA) is 30.5 Å². The molecule has 2 atom stereocenters. The van der Waals surface area contributed by atoms with Gasteiger partial charge in [0, 0.05) is 13.2 Å². The number of ether oxygens (including phenoxy) is 2. The number of rotatable bonds is 9. The van der Waals surface area contributed by atoms with Crippen molar-refractivity contribution in [3.05, 3.63) is 0 Å². The molecule has 0 aliphatic heterocycles. The van der Waals surface area contributed by atoms with Gasteiger partial charge < -0.3 is 14.8 Å². The van der Waals surface area contributed by atoms with Gasteiger partial charge in [0.1, 0.15) is 0 Å². The van der Waals surface area contributed by atoms with Crippen LogP contribution >= 0.6 is 0 Å². The second kappa shape index (κ2) is 9.44. The van der Waals surface area contributed by atoms with Gasteiger partial charge in [0.05, 0.1) is 19.3 Å². The van der Waals surface area contributed by atoms with Crippen LogP contribution in [0.1, 0.15) is 33.6 Å². The smallest absolute Gasteiger partial charge is 0.0781 e. The van der Waals surface area contributed by atoms with Gasteiger partial charge in [0.2, 0.25) is 0 Å². The van der Waals surface area contributed by atoms with E-state index in [1.165, 1.54) is 12.8 Å². The zero-order valence-electron chi connectivity index (χ0n) is 10.0. The molecule has 0 radical (unpaired) electrons. The van der Waals surface area contributed by atoms with Gasteiger partial charge >= 0.3 is 0 Å². The highest BCUT2D eigenvalue weighted by atomic mass is 16.5. The molecule has 3 nitrogen and oxygen atoms in total. The summed E-state index contributed by atoms with van der Waals surface area (Å²) < 4.78 is 10.7. The lowest BCUT2D eigenvalue weighted by Crippen LogP contribution is -2.35. The van der Waals surface area contributed by atoms with E-state index in [2.05, 4.69) is 19.2 Å². The van der Waals surface area contributed by atoms with E-state index in [0.717, 1.165) is 13.2 Å². The van der Waals surface area contributed by atoms with Gasteiger partial charge in [-0.15, -0.1) is 0 Å². The molecular weight excluding hydrogens is 178 g/mol. The predicted molar refractivity (Wildman–Crippen MR) is 59.7 cm³/mol. The van der Waals surface area contributed by atoms with E-state index in [4.69, 9.17) is 9.47 Å². The van der Waals surface area contributed by atoms with E-state index >= 15 is 0 Å². The zero-order valence-corrected chi connectivity index (χ0v) is 10.0. The standard InChI is InChI=1S/C11H25NO2/c1-5-7-11(12-6-2)9-14-10(3)8-13-4/h10-12H,5-9H2,1-4H3. The Balaban J connectivity index is 3.57. The Labute approximate surface area is 88.2 Å². The summed E-state index contributed by atoms with van der Waals surface area (Å²) in [6.07, 6.45) is 2.56. The molecule has 0 amide bonds. The van der Waals surface area contributed by atoms with Crippen LogP contribution in [0.25, 0.3) is 0 Å². The van der Waals surface area contributed by atoms with Crippen LogP contribution in [0, 0.1) is 0 Å². The Bertz CT molecular complexity index is 114. The van der Waals surface area contributed by atoms with Gasteiger partial charge in [-0.05, 0) is 19.9 Å². The van der Waals surface area contributed by atoms with E-state index in [1.807, 2.05) is 6.92 Å². The Morgan fingerprint density at radius 3 is 2.43 bits per heavy atom. The van der Waals surface area contributed by atoms with E-state index in [-0.39, 0.29) is 6.10 Å². The number of nitrogens with one attached hydrogen (secondary N) is 1. The zero-order chi connectivity index (χ0) is 10.8. The molecule has 0 bridgehead atoms. The average molecular weight is 203 g/mol. The molecule has 0 aliphatic carbocycles. The second-order valence-electron chi connectivity index (χ2n) is 3.64. The molecule has 3 heteroatoms. The van der Waals surface area contributed by atoms with Crippen molar-refractivity contribution < 1.29 is 9.47 Å². The first kappa shape index (κ1) is 13.9. The van der Waals surface area contributed by atoms with Crippen molar-refractivity contribution in [3.63, 3.8) is 0 Å². The summed E-state index contributed by atoms with van der Waals surface area (Å²) in [5.41, 5.74) is 0. The van der Waals surface area contributed by atoms with Crippen LogP contribution in [0.15, 0.2) is 0 Å². The molecule has 1 N–H and O–H groups in total. The summed E-state index contributed by atoms with van der Waals surface area (Å²) >= 11 is 0. The van der Waals surface area contributed by atoms with E-state index < -0.39 is 0 Å². The van der Waals surface area contributed by atoms with Crippen molar-refractivity contribution in [1.29, 1.82) is 0 Å². The van der Waals surface area contributed by atoms with Crippen LogP contribution in [-0.4, -0.2) is 39.0 Å². The van der Waals surface area contributed by atoms with Crippen LogP contribution in [0.4, 0.5) is 0 Å². The van der Waals surface area contributed by atoms with E-state index in [0.29, 0.717) is 12.6 Å². The molecule has 0 rings (SSSR count). The van der Waals surface area contributed by atoms with Crippen LogP contribution in [0.3, 0.4) is 0 Å². The number of methoxy groups -OCH3 is 1. The monoisotopic (exact) mass is 203 g/mol. The minimum Gasteiger partial charge on any atom is -0.382 e. The van der Waals surface area contributed by atoms with Crippen molar-refractivity contribution in [2.24, 2.45) is 0 Å². The molecule has 0 spiro atoms. The van der Waals surface area contributed by atoms with Crippen molar-refractivity contribution in [2.45, 2.75) is 45.8 Å². The first-order chi connectivity index (χ1) is 6.74. The molecule has 14 heavy (non-hydrogen) atoms. The average Bonchev–Trinajstić information content (AvgIpc) is 2.15. The second-order valence-corrected chi connectivity index (χ2v) is 3.64. The van der Waals surface area contributed by atoms with Gasteiger partial charge in [0.25, 0.3) is 0 Å². The highest BCUT2D eigenvalue weighted by Gasteiger charge is 2.08. The van der Waals surface area contributed by atoms with Gasteiger partial charge in [-0.1, -0.05) is 20.3 Å². The summed E-state index contributed by atoms with van der Waals surface area (Å²) in [5.74, 6) is 0.